The van der Waals surface area contributed by atoms with Gasteiger partial charge in [-0.15, -0.1) is 0 Å². The highest BCUT2D eigenvalue weighted by atomic mass is 35.5. The van der Waals surface area contributed by atoms with Crippen molar-refractivity contribution in [2.24, 2.45) is 11.8 Å². The van der Waals surface area contributed by atoms with Crippen molar-refractivity contribution in [2.45, 2.75) is 32.6 Å². The Hall–Kier alpha value is -0.350. The predicted molar refractivity (Wildman–Crippen MR) is 64.5 cm³/mol. The van der Waals surface area contributed by atoms with Gasteiger partial charge in [0.15, 0.2) is 11.0 Å². The summed E-state index contributed by atoms with van der Waals surface area (Å²) >= 11 is 7.03. The first-order valence-corrected chi connectivity index (χ1v) is 6.60. The molecule has 0 spiro atoms. The van der Waals surface area contributed by atoms with Crippen molar-refractivity contribution in [3.05, 3.63) is 5.15 Å². The summed E-state index contributed by atoms with van der Waals surface area (Å²) < 4.78 is 8.05. The van der Waals surface area contributed by atoms with E-state index in [1.807, 2.05) is 0 Å². The molecular formula is C10H16ClN3S. The summed E-state index contributed by atoms with van der Waals surface area (Å²) in [5.41, 5.74) is 0. The minimum Gasteiger partial charge on any atom is -0.366 e. The zero-order valence-corrected chi connectivity index (χ0v) is 10.4. The van der Waals surface area contributed by atoms with Crippen molar-refractivity contribution in [2.75, 3.05) is 11.9 Å². The molecular weight excluding hydrogens is 230 g/mol. The zero-order chi connectivity index (χ0) is 10.7. The highest BCUT2D eigenvalue weighted by Gasteiger charge is 2.21. The lowest BCUT2D eigenvalue weighted by atomic mass is 9.80. The Balaban J connectivity index is 1.84. The highest BCUT2D eigenvalue weighted by molar-refractivity contribution is 6.99. The molecule has 2 unspecified atom stereocenters. The van der Waals surface area contributed by atoms with Crippen LogP contribution in [0.4, 0.5) is 5.82 Å². The van der Waals surface area contributed by atoms with Crippen molar-refractivity contribution in [1.82, 2.24) is 8.75 Å². The first-order chi connectivity index (χ1) is 7.27. The smallest absolute Gasteiger partial charge is 0.186 e. The summed E-state index contributed by atoms with van der Waals surface area (Å²) in [7, 11) is 0. The number of hydrogen-bond acceptors (Lipinski definition) is 4. The van der Waals surface area contributed by atoms with Crippen LogP contribution in [0.3, 0.4) is 0 Å². The Kier molecular flexibility index (Phi) is 3.81. The van der Waals surface area contributed by atoms with E-state index in [1.54, 1.807) is 0 Å². The van der Waals surface area contributed by atoms with E-state index < -0.39 is 0 Å². The van der Waals surface area contributed by atoms with E-state index in [0.29, 0.717) is 5.15 Å². The van der Waals surface area contributed by atoms with Crippen molar-refractivity contribution in [3.8, 4) is 0 Å². The van der Waals surface area contributed by atoms with Crippen LogP contribution >= 0.6 is 23.3 Å². The lowest BCUT2D eigenvalue weighted by Gasteiger charge is -2.28. The molecule has 1 aliphatic carbocycles. The Morgan fingerprint density at radius 3 is 2.87 bits per heavy atom. The summed E-state index contributed by atoms with van der Waals surface area (Å²) in [6.45, 7) is 3.32. The standard InChI is InChI=1S/C10H16ClN3S/c1-7-4-2-3-5-8(7)6-12-10-9(11)13-15-14-10/h7-8H,2-6H2,1H3,(H,12,14). The largest absolute Gasteiger partial charge is 0.366 e. The molecule has 0 saturated heterocycles. The molecule has 84 valence electrons. The van der Waals surface area contributed by atoms with Crippen molar-refractivity contribution >= 4 is 29.1 Å². The van der Waals surface area contributed by atoms with Crippen molar-refractivity contribution in [3.63, 3.8) is 0 Å². The SMILES string of the molecule is CC1CCCCC1CNc1nsnc1Cl. The van der Waals surface area contributed by atoms with Gasteiger partial charge in [0.2, 0.25) is 0 Å². The summed E-state index contributed by atoms with van der Waals surface area (Å²) in [5.74, 6) is 2.33. The molecule has 15 heavy (non-hydrogen) atoms. The highest BCUT2D eigenvalue weighted by Crippen LogP contribution is 2.30. The van der Waals surface area contributed by atoms with E-state index in [2.05, 4.69) is 21.0 Å². The molecule has 1 heterocycles. The minimum absolute atomic E-state index is 0.503. The third kappa shape index (κ3) is 2.82. The number of nitrogens with zero attached hydrogens (tertiary/aromatic N) is 2. The third-order valence-electron chi connectivity index (χ3n) is 3.27. The molecule has 0 radical (unpaired) electrons. The van der Waals surface area contributed by atoms with Gasteiger partial charge in [0.25, 0.3) is 0 Å². The molecule has 5 heteroatoms. The van der Waals surface area contributed by atoms with E-state index >= 15 is 0 Å². The molecule has 2 atom stereocenters. The normalized spacial score (nSPS) is 26.5. The molecule has 1 fully saturated rings. The van der Waals surface area contributed by atoms with E-state index in [4.69, 9.17) is 11.6 Å². The van der Waals surface area contributed by atoms with Gasteiger partial charge in [-0.25, -0.2) is 0 Å². The molecule has 0 aromatic carbocycles. The summed E-state index contributed by atoms with van der Waals surface area (Å²) in [6.07, 6.45) is 5.43. The maximum Gasteiger partial charge on any atom is 0.186 e. The van der Waals surface area contributed by atoms with Crippen LogP contribution in [0.5, 0.6) is 0 Å². The van der Waals surface area contributed by atoms with Crippen LogP contribution in [0.1, 0.15) is 32.6 Å². The molecule has 0 bridgehead atoms. The number of aromatic nitrogens is 2. The molecule has 0 amide bonds. The Morgan fingerprint density at radius 1 is 1.40 bits per heavy atom. The van der Waals surface area contributed by atoms with Gasteiger partial charge >= 0.3 is 0 Å². The Morgan fingerprint density at radius 2 is 2.20 bits per heavy atom. The Bertz CT molecular complexity index is 315. The molecule has 1 saturated carbocycles. The molecule has 1 aromatic rings. The maximum atomic E-state index is 5.87. The molecule has 1 aromatic heterocycles. The van der Waals surface area contributed by atoms with Gasteiger partial charge in [-0.3, -0.25) is 0 Å². The lowest BCUT2D eigenvalue weighted by molar-refractivity contribution is 0.268. The number of nitrogens with one attached hydrogen (secondary N) is 1. The molecule has 1 N–H and O–H groups in total. The fraction of sp³-hybridized carbons (Fsp3) is 0.800. The number of halogens is 1. The topological polar surface area (TPSA) is 37.8 Å². The van der Waals surface area contributed by atoms with Crippen LogP contribution in [-0.4, -0.2) is 15.3 Å². The van der Waals surface area contributed by atoms with Crippen LogP contribution < -0.4 is 5.32 Å². The number of anilines is 1. The van der Waals surface area contributed by atoms with Gasteiger partial charge in [0.1, 0.15) is 0 Å². The zero-order valence-electron chi connectivity index (χ0n) is 8.87. The molecule has 1 aliphatic rings. The van der Waals surface area contributed by atoms with Crippen LogP contribution in [0, 0.1) is 11.8 Å². The second kappa shape index (κ2) is 5.12. The van der Waals surface area contributed by atoms with Crippen molar-refractivity contribution in [1.29, 1.82) is 0 Å². The van der Waals surface area contributed by atoms with Gasteiger partial charge in [-0.2, -0.15) is 8.75 Å². The van der Waals surface area contributed by atoms with Crippen molar-refractivity contribution < 1.29 is 0 Å². The van der Waals surface area contributed by atoms with Crippen LogP contribution in [0.15, 0.2) is 0 Å². The first-order valence-electron chi connectivity index (χ1n) is 5.49. The molecule has 2 rings (SSSR count). The third-order valence-corrected chi connectivity index (χ3v) is 4.16. The van der Waals surface area contributed by atoms with Gasteiger partial charge in [0.05, 0.1) is 11.7 Å². The Labute approximate surface area is 99.6 Å². The monoisotopic (exact) mass is 245 g/mol. The summed E-state index contributed by atoms with van der Waals surface area (Å²) in [4.78, 5) is 0. The van der Waals surface area contributed by atoms with Gasteiger partial charge in [0, 0.05) is 6.54 Å². The molecule has 3 nitrogen and oxygen atoms in total. The van der Waals surface area contributed by atoms with E-state index in [-0.39, 0.29) is 0 Å². The first kappa shape index (κ1) is 11.1. The average molecular weight is 246 g/mol. The van der Waals surface area contributed by atoms with E-state index in [9.17, 15) is 0 Å². The number of hydrogen-bond donors (Lipinski definition) is 1. The average Bonchev–Trinajstić information content (AvgIpc) is 2.63. The maximum absolute atomic E-state index is 5.87. The minimum atomic E-state index is 0.503. The van der Waals surface area contributed by atoms with Crippen LogP contribution in [-0.2, 0) is 0 Å². The second-order valence-corrected chi connectivity index (χ2v) is 5.19. The van der Waals surface area contributed by atoms with Gasteiger partial charge in [-0.1, -0.05) is 37.8 Å². The van der Waals surface area contributed by atoms with Gasteiger partial charge < -0.3 is 5.32 Å². The van der Waals surface area contributed by atoms with Gasteiger partial charge in [-0.05, 0) is 18.3 Å². The van der Waals surface area contributed by atoms with E-state index in [0.717, 1.165) is 35.9 Å². The second-order valence-electron chi connectivity index (χ2n) is 4.31. The summed E-state index contributed by atoms with van der Waals surface area (Å²) in [6, 6.07) is 0. The molecule has 0 aliphatic heterocycles. The number of rotatable bonds is 3. The summed E-state index contributed by atoms with van der Waals surface area (Å²) in [5, 5.41) is 3.80. The fourth-order valence-corrected chi connectivity index (χ4v) is 2.89. The lowest BCUT2D eigenvalue weighted by Crippen LogP contribution is -2.24. The van der Waals surface area contributed by atoms with Crippen LogP contribution in [0.25, 0.3) is 0 Å². The fourth-order valence-electron chi connectivity index (χ4n) is 2.21. The quantitative estimate of drug-likeness (QED) is 0.887. The predicted octanol–water partition coefficient (Wildman–Crippen LogP) is 3.43. The van der Waals surface area contributed by atoms with E-state index in [1.165, 1.54) is 25.7 Å². The van der Waals surface area contributed by atoms with Crippen LogP contribution in [0.2, 0.25) is 5.15 Å².